The first kappa shape index (κ1) is 21.3. The lowest BCUT2D eigenvalue weighted by molar-refractivity contribution is -0.209. The van der Waals surface area contributed by atoms with Crippen LogP contribution in [0.1, 0.15) is 39.8 Å². The molecule has 0 amide bonds. The van der Waals surface area contributed by atoms with E-state index in [-0.39, 0.29) is 5.15 Å². The van der Waals surface area contributed by atoms with E-state index in [1.807, 2.05) is 0 Å². The molecule has 4 nitrogen and oxygen atoms in total. The fourth-order valence-corrected chi connectivity index (χ4v) is 2.89. The molecule has 3 atom stereocenters. The zero-order valence-electron chi connectivity index (χ0n) is 13.5. The fourth-order valence-electron chi connectivity index (χ4n) is 1.85. The third-order valence-electron chi connectivity index (χ3n) is 3.19. The summed E-state index contributed by atoms with van der Waals surface area (Å²) in [5.74, 6) is -0.922. The smallest absolute Gasteiger partial charge is 0.384 e. The molecule has 1 heterocycles. The molecule has 1 unspecified atom stereocenters. The number of hydrogen-bond donors (Lipinski definition) is 2. The van der Waals surface area contributed by atoms with Crippen LogP contribution in [0.4, 0.5) is 17.6 Å². The van der Waals surface area contributed by atoms with Crippen LogP contribution in [0.15, 0.2) is 12.1 Å². The molecule has 0 aliphatic rings. The van der Waals surface area contributed by atoms with Crippen molar-refractivity contribution in [3.63, 3.8) is 0 Å². The average Bonchev–Trinajstić information content (AvgIpc) is 2.39. The highest BCUT2D eigenvalue weighted by molar-refractivity contribution is 7.84. The number of hydrogen-bond acceptors (Lipinski definition) is 3. The number of halogens is 5. The van der Waals surface area contributed by atoms with Crippen LogP contribution in [0.2, 0.25) is 5.15 Å². The number of pyridine rings is 1. The van der Waals surface area contributed by atoms with E-state index in [4.69, 9.17) is 11.6 Å². The molecule has 0 bridgehead atoms. The Morgan fingerprint density at radius 3 is 2.29 bits per heavy atom. The van der Waals surface area contributed by atoms with Gasteiger partial charge in [0.25, 0.3) is 0 Å². The molecule has 0 saturated heterocycles. The molecule has 0 fully saturated rings. The summed E-state index contributed by atoms with van der Waals surface area (Å²) in [6, 6.07) is 2.09. The third-order valence-corrected chi connectivity index (χ3v) is 5.15. The van der Waals surface area contributed by atoms with E-state index >= 15 is 0 Å². The summed E-state index contributed by atoms with van der Waals surface area (Å²) >= 11 is 5.71. The van der Waals surface area contributed by atoms with Crippen LogP contribution >= 0.6 is 11.6 Å². The van der Waals surface area contributed by atoms with E-state index in [0.717, 1.165) is 12.1 Å². The Morgan fingerprint density at radius 1 is 1.29 bits per heavy atom. The van der Waals surface area contributed by atoms with Crippen LogP contribution in [0.3, 0.4) is 0 Å². The van der Waals surface area contributed by atoms with Gasteiger partial charge in [0.15, 0.2) is 6.10 Å². The second-order valence-corrected chi connectivity index (χ2v) is 8.89. The maximum atomic E-state index is 14.1. The average molecular weight is 391 g/mol. The predicted octanol–water partition coefficient (Wildman–Crippen LogP) is 3.45. The third kappa shape index (κ3) is 5.37. The van der Waals surface area contributed by atoms with Gasteiger partial charge in [0.1, 0.15) is 11.0 Å². The van der Waals surface area contributed by atoms with E-state index in [9.17, 15) is 26.9 Å². The molecular weight excluding hydrogens is 372 g/mol. The Labute approximate surface area is 145 Å². The molecule has 0 aliphatic carbocycles. The topological polar surface area (TPSA) is 62.2 Å². The molecule has 0 spiro atoms. The van der Waals surface area contributed by atoms with Crippen molar-refractivity contribution in [3.8, 4) is 0 Å². The summed E-state index contributed by atoms with van der Waals surface area (Å²) in [5.41, 5.74) is -2.31. The molecule has 0 radical (unpaired) electrons. The van der Waals surface area contributed by atoms with Gasteiger partial charge in [-0.2, -0.15) is 13.2 Å². The van der Waals surface area contributed by atoms with E-state index in [1.165, 1.54) is 6.92 Å². The van der Waals surface area contributed by atoms with Crippen LogP contribution in [-0.4, -0.2) is 31.3 Å². The summed E-state index contributed by atoms with van der Waals surface area (Å²) in [5, 5.41) is 9.27. The van der Waals surface area contributed by atoms with Gasteiger partial charge >= 0.3 is 6.18 Å². The second kappa shape index (κ2) is 7.23. The molecule has 0 aliphatic heterocycles. The molecule has 0 saturated carbocycles. The van der Waals surface area contributed by atoms with Crippen LogP contribution in [0.25, 0.3) is 0 Å². The van der Waals surface area contributed by atoms with Crippen molar-refractivity contribution in [2.45, 2.75) is 56.7 Å². The number of alkyl halides is 3. The number of nitrogens with one attached hydrogen (secondary N) is 1. The highest BCUT2D eigenvalue weighted by Crippen LogP contribution is 2.34. The van der Waals surface area contributed by atoms with Crippen molar-refractivity contribution in [2.75, 3.05) is 0 Å². The highest BCUT2D eigenvalue weighted by Gasteiger charge is 2.46. The van der Waals surface area contributed by atoms with Crippen molar-refractivity contribution in [2.24, 2.45) is 0 Å². The first-order valence-electron chi connectivity index (χ1n) is 6.94. The fraction of sp³-hybridized carbons (Fsp3) is 0.643. The zero-order chi connectivity index (χ0) is 18.9. The minimum absolute atomic E-state index is 0.137. The van der Waals surface area contributed by atoms with E-state index < -0.39 is 51.5 Å². The minimum Gasteiger partial charge on any atom is -0.384 e. The van der Waals surface area contributed by atoms with Gasteiger partial charge in [0.2, 0.25) is 0 Å². The zero-order valence-corrected chi connectivity index (χ0v) is 15.1. The van der Waals surface area contributed by atoms with Crippen molar-refractivity contribution in [3.05, 3.63) is 28.8 Å². The Kier molecular flexibility index (Phi) is 6.41. The normalized spacial score (nSPS) is 18.1. The van der Waals surface area contributed by atoms with Gasteiger partial charge < -0.3 is 5.11 Å². The predicted molar refractivity (Wildman–Crippen MR) is 84.3 cm³/mol. The molecule has 24 heavy (non-hydrogen) atoms. The summed E-state index contributed by atoms with van der Waals surface area (Å²) in [7, 11) is -1.84. The van der Waals surface area contributed by atoms with Crippen LogP contribution in [0, 0.1) is 5.82 Å². The number of nitrogens with zero attached hydrogens (tertiary/aromatic N) is 1. The maximum absolute atomic E-state index is 14.1. The Balaban J connectivity index is 3.35. The van der Waals surface area contributed by atoms with Gasteiger partial charge in [-0.1, -0.05) is 11.6 Å². The number of rotatable bonds is 5. The monoisotopic (exact) mass is 390 g/mol. The standard InChI is InChI=1S/C14H19ClF4N2O2S/c1-12(2,3)24(23)21-13(4,7-9(22)14(17,18)19)11-8(16)5-6-10(15)20-11/h5-6,9,21-22H,7H2,1-4H3/t9-,13+,24?/m1/s1. The summed E-state index contributed by atoms with van der Waals surface area (Å²) in [6.45, 7) is 5.97. The Bertz CT molecular complexity index is 622. The largest absolute Gasteiger partial charge is 0.414 e. The van der Waals surface area contributed by atoms with E-state index in [1.54, 1.807) is 20.8 Å². The van der Waals surface area contributed by atoms with Crippen molar-refractivity contribution in [1.29, 1.82) is 0 Å². The lowest BCUT2D eigenvalue weighted by Crippen LogP contribution is -2.50. The van der Waals surface area contributed by atoms with Gasteiger partial charge in [0, 0.05) is 6.42 Å². The summed E-state index contributed by atoms with van der Waals surface area (Å²) in [6.07, 6.45) is -8.66. The molecule has 1 aromatic heterocycles. The van der Waals surface area contributed by atoms with E-state index in [0.29, 0.717) is 0 Å². The Morgan fingerprint density at radius 2 is 1.83 bits per heavy atom. The first-order chi connectivity index (χ1) is 10.7. The molecule has 1 aromatic rings. The lowest BCUT2D eigenvalue weighted by Gasteiger charge is -2.35. The molecule has 0 aromatic carbocycles. The van der Waals surface area contributed by atoms with Gasteiger partial charge in [-0.25, -0.2) is 18.3 Å². The van der Waals surface area contributed by atoms with Crippen LogP contribution < -0.4 is 4.72 Å². The quantitative estimate of drug-likeness (QED) is 0.598. The van der Waals surface area contributed by atoms with Crippen LogP contribution in [0.5, 0.6) is 0 Å². The van der Waals surface area contributed by atoms with Crippen molar-refractivity contribution < 1.29 is 26.9 Å². The molecule has 1 rings (SSSR count). The summed E-state index contributed by atoms with van der Waals surface area (Å²) in [4.78, 5) is 3.73. The highest BCUT2D eigenvalue weighted by atomic mass is 35.5. The minimum atomic E-state index is -4.92. The number of aliphatic hydroxyl groups is 1. The van der Waals surface area contributed by atoms with Crippen molar-refractivity contribution in [1.82, 2.24) is 9.71 Å². The SMILES string of the molecule is CC(C)(C)S(=O)N[C@@](C)(C[C@@H](O)C(F)(F)F)c1nc(Cl)ccc1F. The molecule has 138 valence electrons. The molecule has 2 N–H and O–H groups in total. The van der Waals surface area contributed by atoms with Gasteiger partial charge in [0.05, 0.1) is 27.0 Å². The van der Waals surface area contributed by atoms with Gasteiger partial charge in [-0.15, -0.1) is 0 Å². The summed E-state index contributed by atoms with van der Waals surface area (Å²) < 4.78 is 66.4. The second-order valence-electron chi connectivity index (χ2n) is 6.54. The van der Waals surface area contributed by atoms with E-state index in [2.05, 4.69) is 9.71 Å². The first-order valence-corrected chi connectivity index (χ1v) is 8.46. The van der Waals surface area contributed by atoms with Crippen molar-refractivity contribution >= 4 is 22.6 Å². The number of aromatic nitrogens is 1. The lowest BCUT2D eigenvalue weighted by atomic mass is 9.90. The van der Waals surface area contributed by atoms with Gasteiger partial charge in [-0.05, 0) is 39.8 Å². The molecular formula is C14H19ClF4N2O2S. The van der Waals surface area contributed by atoms with Crippen LogP contribution in [-0.2, 0) is 16.5 Å². The molecule has 10 heteroatoms. The Hall–Kier alpha value is -0.770. The van der Waals surface area contributed by atoms with Gasteiger partial charge in [-0.3, -0.25) is 0 Å². The maximum Gasteiger partial charge on any atom is 0.414 e. The number of aliphatic hydroxyl groups excluding tert-OH is 1.